The number of hydrogen-bond donors (Lipinski definition) is 0. The molecule has 0 aliphatic heterocycles. The second kappa shape index (κ2) is 6.03. The Morgan fingerprint density at radius 3 is 2.22 bits per heavy atom. The molecule has 0 amide bonds. The summed E-state index contributed by atoms with van der Waals surface area (Å²) in [6, 6.07) is 7.48. The average Bonchev–Trinajstić information content (AvgIpc) is 2.38. The first-order chi connectivity index (χ1) is 8.40. The molecular formula is C16H24O2. The molecule has 2 heteroatoms. The molecule has 0 aliphatic rings. The van der Waals surface area contributed by atoms with Crippen molar-refractivity contribution in [2.75, 3.05) is 0 Å². The van der Waals surface area contributed by atoms with Gasteiger partial charge in [0.1, 0.15) is 5.75 Å². The van der Waals surface area contributed by atoms with Crippen molar-refractivity contribution < 1.29 is 9.53 Å². The minimum atomic E-state index is -0.293. The van der Waals surface area contributed by atoms with E-state index in [0.29, 0.717) is 0 Å². The number of rotatable bonds is 6. The Morgan fingerprint density at radius 2 is 1.78 bits per heavy atom. The van der Waals surface area contributed by atoms with Crippen LogP contribution in [0.3, 0.4) is 0 Å². The summed E-state index contributed by atoms with van der Waals surface area (Å²) in [5.41, 5.74) is 0.470. The third kappa shape index (κ3) is 3.59. The van der Waals surface area contributed by atoms with E-state index in [2.05, 4.69) is 6.92 Å². The highest BCUT2D eigenvalue weighted by molar-refractivity contribution is 6.00. The largest absolute Gasteiger partial charge is 0.491 e. The predicted octanol–water partition coefficient (Wildman–Crippen LogP) is 4.48. The van der Waals surface area contributed by atoms with Gasteiger partial charge in [0.25, 0.3) is 0 Å². The van der Waals surface area contributed by atoms with Crippen molar-refractivity contribution in [2.24, 2.45) is 5.41 Å². The minimum absolute atomic E-state index is 0.195. The fourth-order valence-electron chi connectivity index (χ4n) is 1.55. The maximum atomic E-state index is 12.2. The Bertz CT molecular complexity index is 390. The SMILES string of the molecule is CCC(C)Oc1ccc(C(=O)C(C)(C)CC)cc1. The van der Waals surface area contributed by atoms with Crippen molar-refractivity contribution in [3.63, 3.8) is 0 Å². The van der Waals surface area contributed by atoms with Crippen molar-refractivity contribution >= 4 is 5.78 Å². The van der Waals surface area contributed by atoms with Gasteiger partial charge in [-0.05, 0) is 44.0 Å². The Hall–Kier alpha value is -1.31. The predicted molar refractivity (Wildman–Crippen MR) is 75.2 cm³/mol. The lowest BCUT2D eigenvalue weighted by atomic mass is 9.82. The number of benzene rings is 1. The van der Waals surface area contributed by atoms with Gasteiger partial charge in [0, 0.05) is 11.0 Å². The van der Waals surface area contributed by atoms with E-state index in [1.54, 1.807) is 0 Å². The summed E-state index contributed by atoms with van der Waals surface area (Å²) >= 11 is 0. The highest BCUT2D eigenvalue weighted by Gasteiger charge is 2.26. The zero-order valence-corrected chi connectivity index (χ0v) is 12.1. The Kier molecular flexibility index (Phi) is 4.94. The van der Waals surface area contributed by atoms with E-state index in [-0.39, 0.29) is 17.3 Å². The molecule has 1 rings (SSSR count). The van der Waals surface area contributed by atoms with Crippen LogP contribution in [0.15, 0.2) is 24.3 Å². The quantitative estimate of drug-likeness (QED) is 0.694. The molecule has 0 aliphatic carbocycles. The third-order valence-electron chi connectivity index (χ3n) is 3.53. The number of ether oxygens (including phenoxy) is 1. The van der Waals surface area contributed by atoms with Gasteiger partial charge in [-0.2, -0.15) is 0 Å². The van der Waals surface area contributed by atoms with E-state index in [1.165, 1.54) is 0 Å². The summed E-state index contributed by atoms with van der Waals surface area (Å²) in [7, 11) is 0. The topological polar surface area (TPSA) is 26.3 Å². The molecular weight excluding hydrogens is 224 g/mol. The maximum Gasteiger partial charge on any atom is 0.168 e. The molecule has 1 unspecified atom stereocenters. The zero-order chi connectivity index (χ0) is 13.8. The van der Waals surface area contributed by atoms with Gasteiger partial charge in [0.15, 0.2) is 5.78 Å². The fraction of sp³-hybridized carbons (Fsp3) is 0.562. The lowest BCUT2D eigenvalue weighted by Crippen LogP contribution is -2.23. The number of Topliss-reactive ketones (excluding diaryl/α,β-unsaturated/α-hetero) is 1. The minimum Gasteiger partial charge on any atom is -0.491 e. The molecule has 1 atom stereocenters. The summed E-state index contributed by atoms with van der Waals surface area (Å²) in [6.45, 7) is 10.1. The molecule has 2 nitrogen and oxygen atoms in total. The highest BCUT2D eigenvalue weighted by Crippen LogP contribution is 2.26. The van der Waals surface area contributed by atoms with Crippen LogP contribution in [0, 0.1) is 5.41 Å². The van der Waals surface area contributed by atoms with E-state index < -0.39 is 0 Å². The molecule has 18 heavy (non-hydrogen) atoms. The van der Waals surface area contributed by atoms with Gasteiger partial charge < -0.3 is 4.74 Å². The first kappa shape index (κ1) is 14.7. The lowest BCUT2D eigenvalue weighted by Gasteiger charge is -2.21. The molecule has 0 aromatic heterocycles. The summed E-state index contributed by atoms with van der Waals surface area (Å²) in [4.78, 5) is 12.2. The van der Waals surface area contributed by atoms with Crippen molar-refractivity contribution in [3.8, 4) is 5.75 Å². The molecule has 0 fully saturated rings. The van der Waals surface area contributed by atoms with E-state index >= 15 is 0 Å². The summed E-state index contributed by atoms with van der Waals surface area (Å²) in [5.74, 6) is 1.02. The fourth-order valence-corrected chi connectivity index (χ4v) is 1.55. The summed E-state index contributed by atoms with van der Waals surface area (Å²) in [6.07, 6.45) is 2.03. The van der Waals surface area contributed by atoms with Crippen LogP contribution in [0.25, 0.3) is 0 Å². The second-order valence-electron chi connectivity index (χ2n) is 5.43. The van der Waals surface area contributed by atoms with Crippen LogP contribution >= 0.6 is 0 Å². The second-order valence-corrected chi connectivity index (χ2v) is 5.43. The van der Waals surface area contributed by atoms with Crippen LogP contribution in [0.5, 0.6) is 5.75 Å². The van der Waals surface area contributed by atoms with Crippen LogP contribution in [0.4, 0.5) is 0 Å². The average molecular weight is 248 g/mol. The van der Waals surface area contributed by atoms with Gasteiger partial charge in [0.2, 0.25) is 0 Å². The first-order valence-corrected chi connectivity index (χ1v) is 6.72. The third-order valence-corrected chi connectivity index (χ3v) is 3.53. The summed E-state index contributed by atoms with van der Waals surface area (Å²) < 4.78 is 5.70. The summed E-state index contributed by atoms with van der Waals surface area (Å²) in [5, 5.41) is 0. The molecule has 0 N–H and O–H groups in total. The Labute approximate surface area is 110 Å². The smallest absolute Gasteiger partial charge is 0.168 e. The van der Waals surface area contributed by atoms with Gasteiger partial charge in [0.05, 0.1) is 6.10 Å². The van der Waals surface area contributed by atoms with Gasteiger partial charge in [-0.25, -0.2) is 0 Å². The Balaban J connectivity index is 2.80. The van der Waals surface area contributed by atoms with Crippen molar-refractivity contribution in [1.82, 2.24) is 0 Å². The molecule has 100 valence electrons. The van der Waals surface area contributed by atoms with E-state index in [1.807, 2.05) is 52.0 Å². The first-order valence-electron chi connectivity index (χ1n) is 6.72. The van der Waals surface area contributed by atoms with Crippen LogP contribution in [-0.2, 0) is 0 Å². The van der Waals surface area contributed by atoms with E-state index in [9.17, 15) is 4.79 Å². The van der Waals surface area contributed by atoms with Crippen LogP contribution in [-0.4, -0.2) is 11.9 Å². The van der Waals surface area contributed by atoms with E-state index in [4.69, 9.17) is 4.74 Å². The normalized spacial score (nSPS) is 13.2. The monoisotopic (exact) mass is 248 g/mol. The molecule has 0 saturated carbocycles. The molecule has 0 saturated heterocycles. The lowest BCUT2D eigenvalue weighted by molar-refractivity contribution is 0.0833. The molecule has 1 aromatic carbocycles. The molecule has 0 spiro atoms. The zero-order valence-electron chi connectivity index (χ0n) is 12.1. The standard InChI is InChI=1S/C16H24O2/c1-6-12(3)18-14-10-8-13(9-11-14)15(17)16(4,5)7-2/h8-12H,6-7H2,1-5H3. The van der Waals surface area contributed by atoms with Crippen LogP contribution < -0.4 is 4.74 Å². The molecule has 0 heterocycles. The number of hydrogen-bond acceptors (Lipinski definition) is 2. The van der Waals surface area contributed by atoms with E-state index in [0.717, 1.165) is 24.2 Å². The van der Waals surface area contributed by atoms with Crippen LogP contribution in [0.1, 0.15) is 57.8 Å². The van der Waals surface area contributed by atoms with Crippen molar-refractivity contribution in [3.05, 3.63) is 29.8 Å². The number of ketones is 1. The number of carbonyl (C=O) groups excluding carboxylic acids is 1. The highest BCUT2D eigenvalue weighted by atomic mass is 16.5. The van der Waals surface area contributed by atoms with Gasteiger partial charge >= 0.3 is 0 Å². The Morgan fingerprint density at radius 1 is 1.22 bits per heavy atom. The number of carbonyl (C=O) groups is 1. The molecule has 0 bridgehead atoms. The maximum absolute atomic E-state index is 12.2. The van der Waals surface area contributed by atoms with Gasteiger partial charge in [-0.3, -0.25) is 4.79 Å². The van der Waals surface area contributed by atoms with Crippen molar-refractivity contribution in [1.29, 1.82) is 0 Å². The van der Waals surface area contributed by atoms with Gasteiger partial charge in [-0.1, -0.05) is 27.7 Å². The molecule has 1 aromatic rings. The molecule has 0 radical (unpaired) electrons. The van der Waals surface area contributed by atoms with Crippen molar-refractivity contribution in [2.45, 2.75) is 53.6 Å². The van der Waals surface area contributed by atoms with Crippen LogP contribution in [0.2, 0.25) is 0 Å². The van der Waals surface area contributed by atoms with Gasteiger partial charge in [-0.15, -0.1) is 0 Å².